The molecule has 1 N–H and O–H groups in total. The molecule has 0 fully saturated rings. The molecule has 98 valence electrons. The van der Waals surface area contributed by atoms with Gasteiger partial charge >= 0.3 is 0 Å². The van der Waals surface area contributed by atoms with Crippen molar-refractivity contribution in [1.82, 2.24) is 0 Å². The van der Waals surface area contributed by atoms with Crippen LogP contribution in [0.4, 0.5) is 0 Å². The van der Waals surface area contributed by atoms with Crippen LogP contribution in [-0.2, 0) is 0 Å². The van der Waals surface area contributed by atoms with Crippen molar-refractivity contribution in [2.75, 3.05) is 6.61 Å². The molecule has 0 aliphatic heterocycles. The van der Waals surface area contributed by atoms with E-state index in [1.807, 2.05) is 27.7 Å². The molecule has 0 heterocycles. The summed E-state index contributed by atoms with van der Waals surface area (Å²) in [4.78, 5) is 0. The maximum absolute atomic E-state index is 10.2. The van der Waals surface area contributed by atoms with Gasteiger partial charge in [-0.25, -0.2) is 0 Å². The Morgan fingerprint density at radius 3 is 2.11 bits per heavy atom. The predicted octanol–water partition coefficient (Wildman–Crippen LogP) is 3.11. The molecule has 0 saturated heterocycles. The molecular formula is C15H21NO2. The van der Waals surface area contributed by atoms with Gasteiger partial charge in [0, 0.05) is 0 Å². The van der Waals surface area contributed by atoms with Crippen LogP contribution in [0.25, 0.3) is 0 Å². The predicted molar refractivity (Wildman–Crippen MR) is 71.7 cm³/mol. The van der Waals surface area contributed by atoms with Gasteiger partial charge in [0.05, 0.1) is 17.2 Å². The third-order valence-electron chi connectivity index (χ3n) is 3.39. The molecule has 1 aromatic carbocycles. The van der Waals surface area contributed by atoms with Crippen LogP contribution in [0.5, 0.6) is 5.75 Å². The molecule has 18 heavy (non-hydrogen) atoms. The number of aliphatic hydroxyl groups is 1. The molecule has 0 atom stereocenters. The number of rotatable bonds is 5. The average molecular weight is 247 g/mol. The van der Waals surface area contributed by atoms with E-state index in [2.05, 4.69) is 6.07 Å². The number of hydrogen-bond acceptors (Lipinski definition) is 3. The normalized spacial score (nSPS) is 11.1. The zero-order valence-electron chi connectivity index (χ0n) is 11.6. The highest BCUT2D eigenvalue weighted by atomic mass is 16.5. The lowest BCUT2D eigenvalue weighted by Gasteiger charge is -2.26. The van der Waals surface area contributed by atoms with Crippen molar-refractivity contribution in [3.8, 4) is 11.8 Å². The second-order valence-corrected chi connectivity index (χ2v) is 4.77. The van der Waals surface area contributed by atoms with Gasteiger partial charge in [-0.2, -0.15) is 5.26 Å². The molecule has 0 aliphatic rings. The number of nitrogens with zero attached hydrogens (tertiary/aromatic N) is 1. The highest BCUT2D eigenvalue weighted by Crippen LogP contribution is 2.26. The lowest BCUT2D eigenvalue weighted by atomic mass is 9.99. The molecule has 0 radical (unpaired) electrons. The molecule has 0 unspecified atom stereocenters. The molecule has 0 amide bonds. The first-order valence-electron chi connectivity index (χ1n) is 6.32. The fourth-order valence-corrected chi connectivity index (χ4v) is 1.90. The minimum Gasteiger partial charge on any atom is -0.490 e. The molecule has 0 aliphatic carbocycles. The topological polar surface area (TPSA) is 53.2 Å². The van der Waals surface area contributed by atoms with Gasteiger partial charge in [-0.15, -0.1) is 0 Å². The van der Waals surface area contributed by atoms with E-state index >= 15 is 0 Å². The summed E-state index contributed by atoms with van der Waals surface area (Å²) in [5.41, 5.74) is 1.73. The number of aryl methyl sites for hydroxylation is 2. The summed E-state index contributed by atoms with van der Waals surface area (Å²) >= 11 is 0. The fourth-order valence-electron chi connectivity index (χ4n) is 1.90. The van der Waals surface area contributed by atoms with Gasteiger partial charge in [0.1, 0.15) is 12.4 Å². The lowest BCUT2D eigenvalue weighted by Crippen LogP contribution is -2.34. The maximum Gasteiger partial charge on any atom is 0.125 e. The Kier molecular flexibility index (Phi) is 4.75. The SMILES string of the molecule is CCC(O)(CC)COc1c(C)cc(C#N)cc1C. The highest BCUT2D eigenvalue weighted by molar-refractivity contribution is 5.47. The molecule has 0 bridgehead atoms. The summed E-state index contributed by atoms with van der Waals surface area (Å²) in [5.74, 6) is 0.773. The first-order chi connectivity index (χ1) is 8.45. The number of benzene rings is 1. The van der Waals surface area contributed by atoms with Crippen molar-refractivity contribution in [3.05, 3.63) is 28.8 Å². The quantitative estimate of drug-likeness (QED) is 0.869. The molecule has 1 rings (SSSR count). The maximum atomic E-state index is 10.2. The standard InChI is InChI=1S/C15H21NO2/c1-5-15(17,6-2)10-18-14-11(3)7-13(9-16)8-12(14)4/h7-8,17H,5-6,10H2,1-4H3. The summed E-state index contributed by atoms with van der Waals surface area (Å²) in [6.45, 7) is 8.02. The van der Waals surface area contributed by atoms with Gasteiger partial charge in [0.2, 0.25) is 0 Å². The Hall–Kier alpha value is -1.53. The Morgan fingerprint density at radius 1 is 1.22 bits per heavy atom. The first kappa shape index (κ1) is 14.5. The van der Waals surface area contributed by atoms with Crippen LogP contribution in [0.15, 0.2) is 12.1 Å². The van der Waals surface area contributed by atoms with E-state index in [4.69, 9.17) is 10.00 Å². The van der Waals surface area contributed by atoms with E-state index in [0.29, 0.717) is 18.4 Å². The molecule has 0 aromatic heterocycles. The van der Waals surface area contributed by atoms with Gasteiger partial charge in [0.25, 0.3) is 0 Å². The molecule has 1 aromatic rings. The van der Waals surface area contributed by atoms with Crippen LogP contribution in [-0.4, -0.2) is 17.3 Å². The first-order valence-corrected chi connectivity index (χ1v) is 6.32. The van der Waals surface area contributed by atoms with Crippen LogP contribution in [0.1, 0.15) is 43.4 Å². The van der Waals surface area contributed by atoms with Crippen LogP contribution in [0.3, 0.4) is 0 Å². The van der Waals surface area contributed by atoms with Gasteiger partial charge in [-0.05, 0) is 49.9 Å². The van der Waals surface area contributed by atoms with Crippen LogP contribution in [0.2, 0.25) is 0 Å². The number of nitriles is 1. The summed E-state index contributed by atoms with van der Waals surface area (Å²) in [6, 6.07) is 5.74. The summed E-state index contributed by atoms with van der Waals surface area (Å²) < 4.78 is 5.75. The number of hydrogen-bond donors (Lipinski definition) is 1. The van der Waals surface area contributed by atoms with Crippen molar-refractivity contribution >= 4 is 0 Å². The van der Waals surface area contributed by atoms with E-state index in [0.717, 1.165) is 16.9 Å². The third-order valence-corrected chi connectivity index (χ3v) is 3.39. The smallest absolute Gasteiger partial charge is 0.125 e. The van der Waals surface area contributed by atoms with E-state index in [1.54, 1.807) is 12.1 Å². The van der Waals surface area contributed by atoms with Crippen LogP contribution in [0, 0.1) is 25.2 Å². The molecule has 3 heteroatoms. The van der Waals surface area contributed by atoms with Crippen LogP contribution >= 0.6 is 0 Å². The van der Waals surface area contributed by atoms with Gasteiger partial charge in [0.15, 0.2) is 0 Å². The van der Waals surface area contributed by atoms with Crippen molar-refractivity contribution in [1.29, 1.82) is 5.26 Å². The largest absolute Gasteiger partial charge is 0.490 e. The summed E-state index contributed by atoms with van der Waals surface area (Å²) in [7, 11) is 0. The zero-order chi connectivity index (χ0) is 13.8. The fraction of sp³-hybridized carbons (Fsp3) is 0.533. The summed E-state index contributed by atoms with van der Waals surface area (Å²) in [6.07, 6.45) is 1.33. The second-order valence-electron chi connectivity index (χ2n) is 4.77. The van der Waals surface area contributed by atoms with Crippen molar-refractivity contribution < 1.29 is 9.84 Å². The Bertz CT molecular complexity index is 433. The molecular weight excluding hydrogens is 226 g/mol. The highest BCUT2D eigenvalue weighted by Gasteiger charge is 2.23. The average Bonchev–Trinajstić information content (AvgIpc) is 2.37. The van der Waals surface area contributed by atoms with Crippen LogP contribution < -0.4 is 4.74 Å². The van der Waals surface area contributed by atoms with E-state index < -0.39 is 5.60 Å². The third kappa shape index (κ3) is 3.24. The Morgan fingerprint density at radius 2 is 1.72 bits per heavy atom. The van der Waals surface area contributed by atoms with Crippen molar-refractivity contribution in [2.24, 2.45) is 0 Å². The number of ether oxygens (including phenoxy) is 1. The zero-order valence-corrected chi connectivity index (χ0v) is 11.6. The Labute approximate surface area is 109 Å². The minimum absolute atomic E-state index is 0.285. The van der Waals surface area contributed by atoms with Gasteiger partial charge in [-0.1, -0.05) is 13.8 Å². The second kappa shape index (κ2) is 5.88. The Balaban J connectivity index is 2.90. The molecule has 0 spiro atoms. The monoisotopic (exact) mass is 247 g/mol. The summed E-state index contributed by atoms with van der Waals surface area (Å²) in [5, 5.41) is 19.1. The van der Waals surface area contributed by atoms with Gasteiger partial charge < -0.3 is 9.84 Å². The molecule has 3 nitrogen and oxygen atoms in total. The minimum atomic E-state index is -0.771. The van der Waals surface area contributed by atoms with Crippen molar-refractivity contribution in [3.63, 3.8) is 0 Å². The lowest BCUT2D eigenvalue weighted by molar-refractivity contribution is -0.0117. The van der Waals surface area contributed by atoms with Crippen molar-refractivity contribution in [2.45, 2.75) is 46.1 Å². The molecule has 0 saturated carbocycles. The van der Waals surface area contributed by atoms with E-state index in [-0.39, 0.29) is 6.61 Å². The van der Waals surface area contributed by atoms with E-state index in [1.165, 1.54) is 0 Å². The van der Waals surface area contributed by atoms with Gasteiger partial charge in [-0.3, -0.25) is 0 Å². The van der Waals surface area contributed by atoms with E-state index in [9.17, 15) is 5.11 Å².